The van der Waals surface area contributed by atoms with Gasteiger partial charge in [0.25, 0.3) is 0 Å². The van der Waals surface area contributed by atoms with Crippen LogP contribution in [0.5, 0.6) is 0 Å². The van der Waals surface area contributed by atoms with Gasteiger partial charge in [0.15, 0.2) is 0 Å². The highest BCUT2D eigenvalue weighted by molar-refractivity contribution is 5.98. The number of carbonyl (C=O) groups is 3. The summed E-state index contributed by atoms with van der Waals surface area (Å²) in [7, 11) is 0. The molecule has 8 heteroatoms. The number of aliphatic hydroxyl groups is 1. The molecule has 3 saturated heterocycles. The summed E-state index contributed by atoms with van der Waals surface area (Å²) in [5, 5.41) is 9.32. The highest BCUT2D eigenvalue weighted by atomic mass is 16.6. The van der Waals surface area contributed by atoms with E-state index >= 15 is 0 Å². The van der Waals surface area contributed by atoms with Crippen LogP contribution in [-0.2, 0) is 23.9 Å². The largest absolute Gasteiger partial charge is 0.465 e. The van der Waals surface area contributed by atoms with Crippen LogP contribution in [0.15, 0.2) is 25.3 Å². The average molecular weight is 505 g/mol. The number of fused-ring (bicyclic) bond motifs is 1. The molecule has 36 heavy (non-hydrogen) atoms. The van der Waals surface area contributed by atoms with Crippen molar-refractivity contribution in [2.45, 2.75) is 83.0 Å². The number of unbranched alkanes of at least 4 members (excludes halogenated alkanes) is 3. The van der Waals surface area contributed by atoms with Crippen molar-refractivity contribution >= 4 is 17.8 Å². The molecule has 0 radical (unpaired) electrons. The first-order valence-corrected chi connectivity index (χ1v) is 13.5. The minimum Gasteiger partial charge on any atom is -0.465 e. The molecule has 202 valence electrons. The van der Waals surface area contributed by atoms with E-state index in [1.165, 1.54) is 0 Å². The van der Waals surface area contributed by atoms with Crippen molar-refractivity contribution in [3.63, 3.8) is 0 Å². The third kappa shape index (κ3) is 4.86. The molecule has 1 N–H and O–H groups in total. The molecule has 3 aliphatic rings. The number of amides is 2. The molecule has 3 unspecified atom stereocenters. The Labute approximate surface area is 215 Å². The highest BCUT2D eigenvalue weighted by Crippen LogP contribution is 2.65. The summed E-state index contributed by atoms with van der Waals surface area (Å²) in [6.07, 6.45) is 8.29. The maximum Gasteiger partial charge on any atom is 0.312 e. The van der Waals surface area contributed by atoms with E-state index in [9.17, 15) is 19.5 Å². The summed E-state index contributed by atoms with van der Waals surface area (Å²) >= 11 is 0. The lowest BCUT2D eigenvalue weighted by Gasteiger charge is -2.37. The number of allylic oxidation sites excluding steroid dienone is 1. The van der Waals surface area contributed by atoms with Gasteiger partial charge in [0.1, 0.15) is 17.6 Å². The summed E-state index contributed by atoms with van der Waals surface area (Å²) in [5.74, 6) is -2.35. The molecule has 0 aromatic heterocycles. The second-order valence-corrected chi connectivity index (χ2v) is 10.7. The van der Waals surface area contributed by atoms with E-state index < -0.39 is 35.0 Å². The molecule has 3 heterocycles. The molecule has 0 aromatic rings. The molecular formula is C28H44N2O6. The van der Waals surface area contributed by atoms with Crippen LogP contribution in [0.1, 0.15) is 65.7 Å². The Morgan fingerprint density at radius 3 is 2.64 bits per heavy atom. The Morgan fingerprint density at radius 1 is 1.25 bits per heavy atom. The van der Waals surface area contributed by atoms with Gasteiger partial charge in [-0.25, -0.2) is 0 Å². The monoisotopic (exact) mass is 504 g/mol. The summed E-state index contributed by atoms with van der Waals surface area (Å²) < 4.78 is 12.4. The van der Waals surface area contributed by atoms with Crippen molar-refractivity contribution < 1.29 is 29.0 Å². The molecule has 0 aromatic carbocycles. The Hall–Kier alpha value is -2.19. The van der Waals surface area contributed by atoms with Gasteiger partial charge < -0.3 is 24.4 Å². The minimum atomic E-state index is -1.07. The molecule has 1 spiro atoms. The summed E-state index contributed by atoms with van der Waals surface area (Å²) in [6, 6.07) is -0.812. The van der Waals surface area contributed by atoms with Gasteiger partial charge >= 0.3 is 5.97 Å². The second kappa shape index (κ2) is 11.9. The quantitative estimate of drug-likeness (QED) is 0.209. The van der Waals surface area contributed by atoms with E-state index in [-0.39, 0.29) is 30.9 Å². The number of nitrogens with zero attached hydrogens (tertiary/aromatic N) is 2. The topological polar surface area (TPSA) is 96.4 Å². The van der Waals surface area contributed by atoms with Crippen molar-refractivity contribution in [2.24, 2.45) is 17.8 Å². The Morgan fingerprint density at radius 2 is 2.00 bits per heavy atom. The van der Waals surface area contributed by atoms with Crippen LogP contribution in [0.25, 0.3) is 0 Å². The number of esters is 1. The van der Waals surface area contributed by atoms with E-state index in [4.69, 9.17) is 9.47 Å². The van der Waals surface area contributed by atoms with Crippen LogP contribution < -0.4 is 0 Å². The molecule has 0 saturated carbocycles. The molecule has 3 rings (SSSR count). The van der Waals surface area contributed by atoms with Crippen LogP contribution in [-0.4, -0.2) is 82.8 Å². The standard InChI is InChI=1S/C28H44N2O6/c1-6-9-13-18-35-26(34)22-21-24(32)30(16-11-12-17-31)23(25(33)29(14-8-3)15-10-7-2)28(21)19-20(4)27(22,5)36-28/h6,8,20-23,31H,1,3,7,9-19H2,2,4-5H3/t20?,21-,22-,23?,27+,28?/m0/s1. The second-order valence-electron chi connectivity index (χ2n) is 10.7. The first kappa shape index (κ1) is 28.4. The molecule has 2 bridgehead atoms. The van der Waals surface area contributed by atoms with Crippen molar-refractivity contribution in [2.75, 3.05) is 32.8 Å². The molecule has 2 amide bonds. The lowest BCUT2D eigenvalue weighted by Crippen LogP contribution is -2.56. The van der Waals surface area contributed by atoms with Gasteiger partial charge in [0, 0.05) is 26.2 Å². The average Bonchev–Trinajstić information content (AvgIpc) is 3.36. The highest BCUT2D eigenvalue weighted by Gasteiger charge is 2.80. The smallest absolute Gasteiger partial charge is 0.312 e. The minimum absolute atomic E-state index is 0.0135. The van der Waals surface area contributed by atoms with Gasteiger partial charge in [-0.15, -0.1) is 13.2 Å². The van der Waals surface area contributed by atoms with E-state index in [0.29, 0.717) is 45.3 Å². The Balaban J connectivity index is 1.99. The normalized spacial score (nSPS) is 32.4. The van der Waals surface area contributed by atoms with Gasteiger partial charge in [0.2, 0.25) is 11.8 Å². The number of hydrogen-bond donors (Lipinski definition) is 1. The fraction of sp³-hybridized carbons (Fsp3) is 0.750. The SMILES string of the molecule is C=CCCCOC(=O)[C@@H]1[C@H]2C(=O)N(CCCCO)C(C(=O)N(CC=C)CCCC)C23CC(C)[C@@]1(C)O3. The number of hydrogen-bond acceptors (Lipinski definition) is 6. The Bertz CT molecular complexity index is 846. The van der Waals surface area contributed by atoms with E-state index in [1.54, 1.807) is 22.0 Å². The number of carbonyl (C=O) groups excluding carboxylic acids is 3. The van der Waals surface area contributed by atoms with Crippen molar-refractivity contribution in [3.05, 3.63) is 25.3 Å². The van der Waals surface area contributed by atoms with E-state index in [2.05, 4.69) is 20.1 Å². The van der Waals surface area contributed by atoms with Crippen molar-refractivity contribution in [3.8, 4) is 0 Å². The maximum absolute atomic E-state index is 14.1. The molecule has 3 fully saturated rings. The van der Waals surface area contributed by atoms with Gasteiger partial charge in [-0.2, -0.15) is 0 Å². The Kier molecular flexibility index (Phi) is 9.39. The van der Waals surface area contributed by atoms with Gasteiger partial charge in [-0.1, -0.05) is 32.4 Å². The molecule has 0 aliphatic carbocycles. The van der Waals surface area contributed by atoms with Gasteiger partial charge in [-0.3, -0.25) is 14.4 Å². The zero-order chi connectivity index (χ0) is 26.5. The third-order valence-corrected chi connectivity index (χ3v) is 8.35. The van der Waals surface area contributed by atoms with Crippen molar-refractivity contribution in [1.29, 1.82) is 0 Å². The van der Waals surface area contributed by atoms with Crippen LogP contribution in [0, 0.1) is 17.8 Å². The summed E-state index contributed by atoms with van der Waals surface area (Å²) in [4.78, 5) is 44.9. The lowest BCUT2D eigenvalue weighted by atomic mass is 9.62. The van der Waals surface area contributed by atoms with Crippen LogP contribution in [0.4, 0.5) is 0 Å². The number of ether oxygens (including phenoxy) is 2. The van der Waals surface area contributed by atoms with Crippen LogP contribution in [0.3, 0.4) is 0 Å². The van der Waals surface area contributed by atoms with Gasteiger partial charge in [-0.05, 0) is 51.4 Å². The first-order chi connectivity index (χ1) is 17.2. The summed E-state index contributed by atoms with van der Waals surface area (Å²) in [5.41, 5.74) is -1.95. The first-order valence-electron chi connectivity index (χ1n) is 13.5. The number of aliphatic hydroxyl groups excluding tert-OH is 1. The van der Waals surface area contributed by atoms with Crippen LogP contribution in [0.2, 0.25) is 0 Å². The molecule has 6 atom stereocenters. The fourth-order valence-corrected chi connectivity index (χ4v) is 6.47. The predicted octanol–water partition coefficient (Wildman–Crippen LogP) is 3.09. The fourth-order valence-electron chi connectivity index (χ4n) is 6.47. The van der Waals surface area contributed by atoms with E-state index in [1.807, 2.05) is 13.8 Å². The summed E-state index contributed by atoms with van der Waals surface area (Å²) in [6.45, 7) is 15.1. The van der Waals surface area contributed by atoms with Crippen molar-refractivity contribution in [1.82, 2.24) is 9.80 Å². The van der Waals surface area contributed by atoms with E-state index in [0.717, 1.165) is 19.3 Å². The van der Waals surface area contributed by atoms with Gasteiger partial charge in [0.05, 0.1) is 18.1 Å². The zero-order valence-corrected chi connectivity index (χ0v) is 22.2. The zero-order valence-electron chi connectivity index (χ0n) is 22.2. The van der Waals surface area contributed by atoms with Crippen LogP contribution >= 0.6 is 0 Å². The number of likely N-dealkylation sites (tertiary alicyclic amines) is 1. The lowest BCUT2D eigenvalue weighted by molar-refractivity contribution is -0.162. The maximum atomic E-state index is 14.1. The molecule has 8 nitrogen and oxygen atoms in total. The molecular weight excluding hydrogens is 460 g/mol. The molecule has 3 aliphatic heterocycles. The predicted molar refractivity (Wildman–Crippen MR) is 137 cm³/mol. The third-order valence-electron chi connectivity index (χ3n) is 8.35. The number of rotatable bonds is 15.